The summed E-state index contributed by atoms with van der Waals surface area (Å²) in [5, 5.41) is 8.05. The number of anilines is 1. The first-order valence-electron chi connectivity index (χ1n) is 8.30. The fraction of sp³-hybridized carbons (Fsp3) is 0.200. The minimum Gasteiger partial charge on any atom is -0.331 e. The molecule has 0 heterocycles. The molecule has 0 radical (unpaired) electrons. The highest BCUT2D eigenvalue weighted by Crippen LogP contribution is 2.13. The molecule has 0 aliphatic heterocycles. The van der Waals surface area contributed by atoms with E-state index in [1.165, 1.54) is 0 Å². The number of thiocarbonyl (C=S) groups is 1. The Labute approximate surface area is 169 Å². The zero-order valence-electron chi connectivity index (χ0n) is 14.9. The van der Waals surface area contributed by atoms with Crippen molar-refractivity contribution in [2.24, 2.45) is 5.10 Å². The van der Waals surface area contributed by atoms with Crippen LogP contribution in [0.2, 0.25) is 0 Å². The highest BCUT2D eigenvalue weighted by Gasteiger charge is 2.00. The molecule has 26 heavy (non-hydrogen) atoms. The molecule has 0 bridgehead atoms. The molecule has 0 saturated heterocycles. The zero-order valence-corrected chi connectivity index (χ0v) is 17.3. The Morgan fingerprint density at radius 2 is 1.81 bits per heavy atom. The van der Waals surface area contributed by atoms with Crippen molar-refractivity contribution in [3.8, 4) is 0 Å². The van der Waals surface area contributed by atoms with Gasteiger partial charge in [-0.05, 0) is 62.2 Å². The quantitative estimate of drug-likeness (QED) is 0.377. The summed E-state index contributed by atoms with van der Waals surface area (Å²) in [7, 11) is 4.09. The van der Waals surface area contributed by atoms with E-state index in [0.29, 0.717) is 5.11 Å². The van der Waals surface area contributed by atoms with Crippen molar-refractivity contribution < 1.29 is 0 Å². The number of nitrogens with one attached hydrogen (secondary N) is 2. The summed E-state index contributed by atoms with van der Waals surface area (Å²) in [6.45, 7) is 0.909. The number of hydrogen-bond donors (Lipinski definition) is 2. The molecule has 2 aromatic carbocycles. The second kappa shape index (κ2) is 10.9. The molecular formula is C20H23BrN4S. The van der Waals surface area contributed by atoms with Crippen molar-refractivity contribution in [2.45, 2.75) is 6.42 Å². The number of allylic oxidation sites excluding steroid dienone is 1. The molecule has 0 saturated carbocycles. The molecule has 0 aromatic heterocycles. The van der Waals surface area contributed by atoms with Gasteiger partial charge >= 0.3 is 0 Å². The predicted octanol–water partition coefficient (Wildman–Crippen LogP) is 4.76. The van der Waals surface area contributed by atoms with Crippen molar-refractivity contribution in [1.29, 1.82) is 0 Å². The van der Waals surface area contributed by atoms with E-state index < -0.39 is 0 Å². The van der Waals surface area contributed by atoms with Gasteiger partial charge in [0.2, 0.25) is 0 Å². The average Bonchev–Trinajstić information content (AvgIpc) is 2.63. The monoisotopic (exact) mass is 430 g/mol. The van der Waals surface area contributed by atoms with Crippen LogP contribution in [0.4, 0.5) is 5.69 Å². The normalized spacial score (nSPS) is 11.8. The van der Waals surface area contributed by atoms with Crippen molar-refractivity contribution in [3.05, 3.63) is 70.7 Å². The van der Waals surface area contributed by atoms with Crippen LogP contribution in [-0.2, 0) is 0 Å². The smallest absolute Gasteiger partial charge is 0.191 e. The Bertz CT molecular complexity index is 755. The summed E-state index contributed by atoms with van der Waals surface area (Å²) in [5.41, 5.74) is 5.92. The van der Waals surface area contributed by atoms with Crippen LogP contribution in [0.1, 0.15) is 12.0 Å². The van der Waals surface area contributed by atoms with Gasteiger partial charge in [-0.25, -0.2) is 0 Å². The highest BCUT2D eigenvalue weighted by atomic mass is 79.9. The Morgan fingerprint density at radius 3 is 2.46 bits per heavy atom. The minimum absolute atomic E-state index is 0.461. The summed E-state index contributed by atoms with van der Waals surface area (Å²) in [5.74, 6) is 0. The third-order valence-corrected chi connectivity index (χ3v) is 4.21. The van der Waals surface area contributed by atoms with E-state index >= 15 is 0 Å². The number of rotatable bonds is 7. The molecule has 0 aliphatic carbocycles. The fourth-order valence-electron chi connectivity index (χ4n) is 2.09. The van der Waals surface area contributed by atoms with Crippen molar-refractivity contribution in [3.63, 3.8) is 0 Å². The topological polar surface area (TPSA) is 39.7 Å². The largest absolute Gasteiger partial charge is 0.331 e. The van der Waals surface area contributed by atoms with E-state index in [0.717, 1.165) is 34.4 Å². The van der Waals surface area contributed by atoms with Crippen LogP contribution in [0.15, 0.2) is 70.2 Å². The number of hydrogen-bond acceptors (Lipinski definition) is 3. The van der Waals surface area contributed by atoms with E-state index in [1.54, 1.807) is 0 Å². The SMILES string of the molecule is CN(C)CCC(C=Cc1ccccc1)=NNC(=S)Nc1ccc(Br)cc1. The Balaban J connectivity index is 1.99. The highest BCUT2D eigenvalue weighted by molar-refractivity contribution is 9.10. The average molecular weight is 431 g/mol. The predicted molar refractivity (Wildman–Crippen MR) is 120 cm³/mol. The van der Waals surface area contributed by atoms with Crippen molar-refractivity contribution in [1.82, 2.24) is 10.3 Å². The molecule has 136 valence electrons. The summed E-state index contributed by atoms with van der Waals surface area (Å²) < 4.78 is 1.02. The Kier molecular flexibility index (Phi) is 8.47. The van der Waals surface area contributed by atoms with E-state index in [4.69, 9.17) is 12.2 Å². The lowest BCUT2D eigenvalue weighted by atomic mass is 10.1. The van der Waals surface area contributed by atoms with Crippen LogP contribution in [-0.4, -0.2) is 36.4 Å². The molecule has 0 fully saturated rings. The lowest BCUT2D eigenvalue weighted by Gasteiger charge is -2.11. The van der Waals surface area contributed by atoms with Crippen LogP contribution in [0.25, 0.3) is 6.08 Å². The maximum atomic E-state index is 5.33. The standard InChI is InChI=1S/C20H23BrN4S/c1-25(2)15-14-19(11-8-16-6-4-3-5-7-16)23-24-20(26)22-18-12-9-17(21)10-13-18/h3-13H,14-15H2,1-2H3,(H2,22,24,26). The van der Waals surface area contributed by atoms with Gasteiger partial charge in [0.15, 0.2) is 5.11 Å². The minimum atomic E-state index is 0.461. The van der Waals surface area contributed by atoms with Gasteiger partial charge < -0.3 is 10.2 Å². The van der Waals surface area contributed by atoms with Gasteiger partial charge in [0.05, 0.1) is 5.71 Å². The summed E-state index contributed by atoms with van der Waals surface area (Å²) in [6, 6.07) is 18.0. The number of halogens is 1. The first-order chi connectivity index (χ1) is 12.5. The van der Waals surface area contributed by atoms with Gasteiger partial charge in [-0.1, -0.05) is 52.3 Å². The fourth-order valence-corrected chi connectivity index (χ4v) is 2.51. The zero-order chi connectivity index (χ0) is 18.8. The summed E-state index contributed by atoms with van der Waals surface area (Å²) >= 11 is 8.74. The number of nitrogens with zero attached hydrogens (tertiary/aromatic N) is 2. The maximum Gasteiger partial charge on any atom is 0.191 e. The maximum absolute atomic E-state index is 5.33. The van der Waals surface area contributed by atoms with E-state index in [9.17, 15) is 0 Å². The molecule has 2 aromatic rings. The van der Waals surface area contributed by atoms with Crippen LogP contribution < -0.4 is 10.7 Å². The molecular weight excluding hydrogens is 408 g/mol. The van der Waals surface area contributed by atoms with Gasteiger partial charge in [-0.15, -0.1) is 0 Å². The summed E-state index contributed by atoms with van der Waals surface area (Å²) in [4.78, 5) is 2.13. The van der Waals surface area contributed by atoms with Gasteiger partial charge in [-0.2, -0.15) is 5.10 Å². The van der Waals surface area contributed by atoms with E-state index in [-0.39, 0.29) is 0 Å². The molecule has 0 spiro atoms. The molecule has 0 amide bonds. The number of benzene rings is 2. The second-order valence-corrected chi connectivity index (χ2v) is 7.30. The first-order valence-corrected chi connectivity index (χ1v) is 9.50. The molecule has 0 atom stereocenters. The molecule has 0 aliphatic rings. The van der Waals surface area contributed by atoms with Gasteiger partial charge in [-0.3, -0.25) is 5.43 Å². The lowest BCUT2D eigenvalue weighted by Crippen LogP contribution is -2.25. The van der Waals surface area contributed by atoms with Crippen LogP contribution >= 0.6 is 28.1 Å². The molecule has 2 N–H and O–H groups in total. The molecule has 0 unspecified atom stereocenters. The third-order valence-electron chi connectivity index (χ3n) is 3.49. The molecule has 6 heteroatoms. The van der Waals surface area contributed by atoms with Crippen LogP contribution in [0.5, 0.6) is 0 Å². The van der Waals surface area contributed by atoms with Gasteiger partial charge in [0.25, 0.3) is 0 Å². The Hall–Kier alpha value is -2.02. The third kappa shape index (κ3) is 7.91. The molecule has 2 rings (SSSR count). The first kappa shape index (κ1) is 20.3. The van der Waals surface area contributed by atoms with Crippen LogP contribution in [0.3, 0.4) is 0 Å². The Morgan fingerprint density at radius 1 is 1.12 bits per heavy atom. The van der Waals surface area contributed by atoms with Gasteiger partial charge in [0, 0.05) is 23.1 Å². The van der Waals surface area contributed by atoms with Crippen LogP contribution in [0, 0.1) is 0 Å². The second-order valence-electron chi connectivity index (χ2n) is 5.97. The summed E-state index contributed by atoms with van der Waals surface area (Å²) in [6.07, 6.45) is 4.90. The molecule has 4 nitrogen and oxygen atoms in total. The lowest BCUT2D eigenvalue weighted by molar-refractivity contribution is 0.422. The number of hydrazone groups is 1. The van der Waals surface area contributed by atoms with Crippen molar-refractivity contribution in [2.75, 3.05) is 26.0 Å². The van der Waals surface area contributed by atoms with Gasteiger partial charge in [0.1, 0.15) is 0 Å². The van der Waals surface area contributed by atoms with Crippen molar-refractivity contribution >= 4 is 50.7 Å². The van der Waals surface area contributed by atoms with E-state index in [1.807, 2.05) is 62.6 Å². The van der Waals surface area contributed by atoms with E-state index in [2.05, 4.69) is 54.9 Å².